The van der Waals surface area contributed by atoms with Crippen LogP contribution in [0.2, 0.25) is 0 Å². The standard InChI is InChI=1S/C19H20N2O2S/c1-4-14(3)21-18(22)17(24-19(21)23)12-15-9-7-11-20(15)16-10-6-5-8-13(16)2/h5-12,14H,4H2,1-3H3. The van der Waals surface area contributed by atoms with Crippen LogP contribution in [0.25, 0.3) is 11.8 Å². The van der Waals surface area contributed by atoms with Gasteiger partial charge in [-0.2, -0.15) is 0 Å². The van der Waals surface area contributed by atoms with E-state index in [2.05, 4.69) is 13.0 Å². The zero-order valence-corrected chi connectivity index (χ0v) is 14.8. The second-order valence-electron chi connectivity index (χ2n) is 5.90. The number of carbonyl (C=O) groups is 2. The van der Waals surface area contributed by atoms with Crippen LogP contribution in [0.5, 0.6) is 0 Å². The molecule has 1 aliphatic heterocycles. The Labute approximate surface area is 146 Å². The van der Waals surface area contributed by atoms with E-state index in [0.717, 1.165) is 35.1 Å². The highest BCUT2D eigenvalue weighted by Gasteiger charge is 2.37. The second-order valence-corrected chi connectivity index (χ2v) is 6.89. The number of benzene rings is 1. The molecule has 124 valence electrons. The normalized spacial score (nSPS) is 17.8. The van der Waals surface area contributed by atoms with Crippen molar-refractivity contribution >= 4 is 29.0 Å². The van der Waals surface area contributed by atoms with Gasteiger partial charge in [-0.15, -0.1) is 0 Å². The van der Waals surface area contributed by atoms with Gasteiger partial charge in [-0.05, 0) is 61.9 Å². The number of rotatable bonds is 4. The molecule has 1 saturated heterocycles. The Hall–Kier alpha value is -2.27. The van der Waals surface area contributed by atoms with E-state index in [1.165, 1.54) is 4.90 Å². The number of hydrogen-bond donors (Lipinski definition) is 0. The zero-order valence-electron chi connectivity index (χ0n) is 14.0. The third-order valence-corrected chi connectivity index (χ3v) is 5.17. The molecule has 2 aromatic rings. The Kier molecular flexibility index (Phi) is 4.62. The first kappa shape index (κ1) is 16.6. The minimum Gasteiger partial charge on any atom is -0.317 e. The number of thioether (sulfide) groups is 1. The third kappa shape index (κ3) is 2.91. The molecular weight excluding hydrogens is 320 g/mol. The smallest absolute Gasteiger partial charge is 0.293 e. The molecule has 1 unspecified atom stereocenters. The van der Waals surface area contributed by atoms with E-state index >= 15 is 0 Å². The minimum atomic E-state index is -0.197. The fourth-order valence-electron chi connectivity index (χ4n) is 2.74. The number of nitrogens with zero attached hydrogens (tertiary/aromatic N) is 2. The first-order valence-corrected chi connectivity index (χ1v) is 8.85. The van der Waals surface area contributed by atoms with Gasteiger partial charge in [0.25, 0.3) is 11.1 Å². The number of aromatic nitrogens is 1. The van der Waals surface area contributed by atoms with Crippen LogP contribution in [0.3, 0.4) is 0 Å². The summed E-state index contributed by atoms with van der Waals surface area (Å²) in [6, 6.07) is 11.9. The van der Waals surface area contributed by atoms with Gasteiger partial charge in [0.05, 0.1) is 4.91 Å². The molecule has 24 heavy (non-hydrogen) atoms. The number of hydrogen-bond acceptors (Lipinski definition) is 3. The SMILES string of the molecule is CCC(C)N1C(=O)SC(=Cc2cccn2-c2ccccc2C)C1=O. The lowest BCUT2D eigenvalue weighted by Gasteiger charge is -2.19. The van der Waals surface area contributed by atoms with E-state index in [9.17, 15) is 9.59 Å². The number of amides is 2. The van der Waals surface area contributed by atoms with Gasteiger partial charge in [-0.1, -0.05) is 25.1 Å². The van der Waals surface area contributed by atoms with Gasteiger partial charge >= 0.3 is 0 Å². The molecule has 4 nitrogen and oxygen atoms in total. The molecule has 2 amide bonds. The van der Waals surface area contributed by atoms with Gasteiger partial charge in [0.2, 0.25) is 0 Å². The molecule has 5 heteroatoms. The Morgan fingerprint density at radius 1 is 1.17 bits per heavy atom. The van der Waals surface area contributed by atoms with Crippen molar-refractivity contribution in [2.75, 3.05) is 0 Å². The van der Waals surface area contributed by atoms with Gasteiger partial charge < -0.3 is 4.57 Å². The van der Waals surface area contributed by atoms with Gasteiger partial charge in [0, 0.05) is 23.6 Å². The molecule has 1 aromatic heterocycles. The molecule has 1 atom stereocenters. The molecule has 1 aromatic carbocycles. The van der Waals surface area contributed by atoms with E-state index in [-0.39, 0.29) is 17.2 Å². The van der Waals surface area contributed by atoms with Crippen LogP contribution in [0.4, 0.5) is 4.79 Å². The molecule has 1 fully saturated rings. The average molecular weight is 340 g/mol. The lowest BCUT2D eigenvalue weighted by molar-refractivity contribution is -0.124. The van der Waals surface area contributed by atoms with Crippen molar-refractivity contribution in [2.24, 2.45) is 0 Å². The van der Waals surface area contributed by atoms with Gasteiger partial charge in [0.15, 0.2) is 0 Å². The van der Waals surface area contributed by atoms with Crippen molar-refractivity contribution in [3.05, 3.63) is 58.8 Å². The van der Waals surface area contributed by atoms with Crippen molar-refractivity contribution in [2.45, 2.75) is 33.2 Å². The predicted molar refractivity (Wildman–Crippen MR) is 98.1 cm³/mol. The molecule has 0 saturated carbocycles. The summed E-state index contributed by atoms with van der Waals surface area (Å²) >= 11 is 1.02. The molecular formula is C19H20N2O2S. The van der Waals surface area contributed by atoms with Crippen LogP contribution in [0.15, 0.2) is 47.5 Å². The average Bonchev–Trinajstić information content (AvgIpc) is 3.12. The summed E-state index contributed by atoms with van der Waals surface area (Å²) in [5.74, 6) is -0.197. The summed E-state index contributed by atoms with van der Waals surface area (Å²) in [6.45, 7) is 5.92. The van der Waals surface area contributed by atoms with Crippen LogP contribution < -0.4 is 0 Å². The number of carbonyl (C=O) groups excluding carboxylic acids is 2. The molecule has 0 bridgehead atoms. The first-order chi connectivity index (χ1) is 11.5. The van der Waals surface area contributed by atoms with Crippen molar-refractivity contribution in [1.29, 1.82) is 0 Å². The summed E-state index contributed by atoms with van der Waals surface area (Å²) in [5.41, 5.74) is 3.10. The predicted octanol–water partition coefficient (Wildman–Crippen LogP) is 4.62. The zero-order chi connectivity index (χ0) is 17.3. The Bertz CT molecular complexity index is 822. The van der Waals surface area contributed by atoms with Crippen LogP contribution in [-0.4, -0.2) is 26.7 Å². The maximum absolute atomic E-state index is 12.6. The number of imide groups is 1. The van der Waals surface area contributed by atoms with E-state index < -0.39 is 0 Å². The molecule has 3 rings (SSSR count). The highest BCUT2D eigenvalue weighted by molar-refractivity contribution is 8.18. The summed E-state index contributed by atoms with van der Waals surface area (Å²) < 4.78 is 2.03. The molecule has 2 heterocycles. The lowest BCUT2D eigenvalue weighted by atomic mass is 10.2. The summed E-state index contributed by atoms with van der Waals surface area (Å²) in [4.78, 5) is 26.6. The van der Waals surface area contributed by atoms with Crippen LogP contribution >= 0.6 is 11.8 Å². The third-order valence-electron chi connectivity index (χ3n) is 4.29. The monoisotopic (exact) mass is 340 g/mol. The Morgan fingerprint density at radius 3 is 2.62 bits per heavy atom. The maximum Gasteiger partial charge on any atom is 0.293 e. The first-order valence-electron chi connectivity index (χ1n) is 8.03. The number of aryl methyl sites for hydroxylation is 1. The molecule has 0 N–H and O–H groups in total. The van der Waals surface area contributed by atoms with E-state index in [4.69, 9.17) is 0 Å². The van der Waals surface area contributed by atoms with Gasteiger partial charge in [-0.3, -0.25) is 14.5 Å². The second kappa shape index (κ2) is 6.69. The summed E-state index contributed by atoms with van der Waals surface area (Å²) in [5, 5.41) is -0.186. The van der Waals surface area contributed by atoms with Crippen LogP contribution in [0, 0.1) is 6.92 Å². The fraction of sp³-hybridized carbons (Fsp3) is 0.263. The highest BCUT2D eigenvalue weighted by Crippen LogP contribution is 2.34. The number of para-hydroxylation sites is 1. The van der Waals surface area contributed by atoms with Crippen molar-refractivity contribution in [1.82, 2.24) is 9.47 Å². The quantitative estimate of drug-likeness (QED) is 0.763. The summed E-state index contributed by atoms with van der Waals surface area (Å²) in [7, 11) is 0. The Morgan fingerprint density at radius 2 is 1.92 bits per heavy atom. The van der Waals surface area contributed by atoms with Crippen LogP contribution in [0.1, 0.15) is 31.5 Å². The van der Waals surface area contributed by atoms with E-state index in [1.807, 2.05) is 54.9 Å². The topological polar surface area (TPSA) is 42.3 Å². The molecule has 1 aliphatic rings. The summed E-state index contributed by atoms with van der Waals surface area (Å²) in [6.07, 6.45) is 4.53. The van der Waals surface area contributed by atoms with Crippen molar-refractivity contribution in [3.8, 4) is 5.69 Å². The van der Waals surface area contributed by atoms with Crippen molar-refractivity contribution < 1.29 is 9.59 Å². The molecule has 0 aliphatic carbocycles. The van der Waals surface area contributed by atoms with E-state index in [1.54, 1.807) is 6.08 Å². The molecule has 0 spiro atoms. The molecule has 0 radical (unpaired) electrons. The fourth-order valence-corrected chi connectivity index (χ4v) is 3.66. The largest absolute Gasteiger partial charge is 0.317 e. The van der Waals surface area contributed by atoms with E-state index in [0.29, 0.717) is 4.91 Å². The van der Waals surface area contributed by atoms with Crippen molar-refractivity contribution in [3.63, 3.8) is 0 Å². The highest BCUT2D eigenvalue weighted by atomic mass is 32.2. The van der Waals surface area contributed by atoms with Gasteiger partial charge in [0.1, 0.15) is 0 Å². The Balaban J connectivity index is 1.97. The lowest BCUT2D eigenvalue weighted by Crippen LogP contribution is -2.36. The maximum atomic E-state index is 12.6. The minimum absolute atomic E-state index is 0.0773. The van der Waals surface area contributed by atoms with Crippen LogP contribution in [-0.2, 0) is 4.79 Å². The van der Waals surface area contributed by atoms with Gasteiger partial charge in [-0.25, -0.2) is 0 Å².